The van der Waals surface area contributed by atoms with Crippen molar-refractivity contribution in [2.45, 2.75) is 32.2 Å². The van der Waals surface area contributed by atoms with Gasteiger partial charge < -0.3 is 9.88 Å². The number of fused-ring (bicyclic) bond motifs is 1. The molecule has 2 N–H and O–H groups in total. The van der Waals surface area contributed by atoms with Crippen LogP contribution in [0, 0.1) is 18.7 Å². The molecule has 0 aliphatic heterocycles. The lowest BCUT2D eigenvalue weighted by Gasteiger charge is -2.13. The van der Waals surface area contributed by atoms with Crippen LogP contribution in [0.4, 0.5) is 10.1 Å². The van der Waals surface area contributed by atoms with E-state index in [9.17, 15) is 17.6 Å². The first-order valence-electron chi connectivity index (χ1n) is 11.4. The van der Waals surface area contributed by atoms with Gasteiger partial charge in [-0.1, -0.05) is 43.7 Å². The zero-order chi connectivity index (χ0) is 25.2. The van der Waals surface area contributed by atoms with Crippen molar-refractivity contribution >= 4 is 32.5 Å². The second-order valence-electron chi connectivity index (χ2n) is 9.04. The number of hydrogen-bond donors (Lipinski definition) is 2. The van der Waals surface area contributed by atoms with Crippen LogP contribution in [0.5, 0.6) is 0 Å². The number of aromatic nitrogens is 1. The number of sulfonamides is 1. The van der Waals surface area contributed by atoms with E-state index in [0.717, 1.165) is 34.2 Å². The predicted octanol–water partition coefficient (Wildman–Crippen LogP) is 5.32. The van der Waals surface area contributed by atoms with Crippen molar-refractivity contribution in [1.82, 2.24) is 9.88 Å². The molecule has 0 aliphatic rings. The Morgan fingerprint density at radius 3 is 2.43 bits per heavy atom. The minimum atomic E-state index is -3.89. The third-order valence-electron chi connectivity index (χ3n) is 5.60. The van der Waals surface area contributed by atoms with Crippen molar-refractivity contribution in [3.8, 4) is 0 Å². The number of carbonyl (C=O) groups excluding carboxylic acids is 1. The number of rotatable bonds is 8. The fourth-order valence-electron chi connectivity index (χ4n) is 3.90. The van der Waals surface area contributed by atoms with E-state index >= 15 is 0 Å². The first kappa shape index (κ1) is 24.5. The Bertz CT molecular complexity index is 1480. The Morgan fingerprint density at radius 2 is 1.74 bits per heavy atom. The summed E-state index contributed by atoms with van der Waals surface area (Å²) >= 11 is 0. The first-order chi connectivity index (χ1) is 16.6. The lowest BCUT2D eigenvalue weighted by molar-refractivity contribution is 0.0940. The molecule has 1 amide bonds. The fourth-order valence-corrected chi connectivity index (χ4v) is 4.95. The largest absolute Gasteiger partial charge is 0.351 e. The Hall–Kier alpha value is -3.65. The normalized spacial score (nSPS) is 11.7. The van der Waals surface area contributed by atoms with Gasteiger partial charge >= 0.3 is 0 Å². The van der Waals surface area contributed by atoms with Crippen molar-refractivity contribution in [2.24, 2.45) is 5.92 Å². The van der Waals surface area contributed by atoms with Gasteiger partial charge in [0, 0.05) is 29.7 Å². The summed E-state index contributed by atoms with van der Waals surface area (Å²) < 4.78 is 43.2. The molecule has 0 fully saturated rings. The highest BCUT2D eigenvalue weighted by Gasteiger charge is 2.19. The van der Waals surface area contributed by atoms with Gasteiger partial charge in [0.2, 0.25) is 0 Å². The zero-order valence-corrected chi connectivity index (χ0v) is 20.7. The molecule has 182 valence electrons. The smallest absolute Gasteiger partial charge is 0.267 e. The van der Waals surface area contributed by atoms with Gasteiger partial charge in [-0.25, -0.2) is 12.8 Å². The van der Waals surface area contributed by atoms with Gasteiger partial charge in [0.1, 0.15) is 11.5 Å². The van der Waals surface area contributed by atoms with E-state index in [1.165, 1.54) is 12.1 Å². The number of nitrogens with one attached hydrogen (secondary N) is 2. The van der Waals surface area contributed by atoms with Gasteiger partial charge in [-0.15, -0.1) is 0 Å². The van der Waals surface area contributed by atoms with Crippen LogP contribution in [0.25, 0.3) is 10.9 Å². The molecular formula is C27H28FN3O3S. The van der Waals surface area contributed by atoms with Crippen LogP contribution in [0.1, 0.15) is 35.5 Å². The lowest BCUT2D eigenvalue weighted by atomic mass is 10.1. The lowest BCUT2D eigenvalue weighted by Crippen LogP contribution is -2.29. The molecule has 1 heterocycles. The molecule has 3 aromatic carbocycles. The molecule has 4 aromatic rings. The topological polar surface area (TPSA) is 80.2 Å². The summed E-state index contributed by atoms with van der Waals surface area (Å²) in [4.78, 5) is 13.0. The molecule has 0 atom stereocenters. The number of benzene rings is 3. The fraction of sp³-hybridized carbons (Fsp3) is 0.222. The van der Waals surface area contributed by atoms with Gasteiger partial charge in [0.15, 0.2) is 0 Å². The van der Waals surface area contributed by atoms with Gasteiger partial charge in [-0.2, -0.15) is 0 Å². The number of amides is 1. The molecule has 4 rings (SSSR count). The summed E-state index contributed by atoms with van der Waals surface area (Å²) in [5, 5.41) is 3.70. The van der Waals surface area contributed by atoms with E-state index in [4.69, 9.17) is 0 Å². The van der Waals surface area contributed by atoms with Gasteiger partial charge in [-0.05, 0) is 66.9 Å². The molecule has 0 unspecified atom stereocenters. The Morgan fingerprint density at radius 1 is 1.00 bits per heavy atom. The minimum Gasteiger partial charge on any atom is -0.351 e. The van der Waals surface area contributed by atoms with Crippen LogP contribution in [-0.2, 0) is 16.6 Å². The Labute approximate surface area is 204 Å². The van der Waals surface area contributed by atoms with Crippen molar-refractivity contribution in [3.63, 3.8) is 0 Å². The van der Waals surface area contributed by atoms with Crippen LogP contribution >= 0.6 is 0 Å². The number of aryl methyl sites for hydroxylation is 1. The molecule has 8 heteroatoms. The summed E-state index contributed by atoms with van der Waals surface area (Å²) in [6.07, 6.45) is 0. The third kappa shape index (κ3) is 5.71. The van der Waals surface area contributed by atoms with E-state index in [-0.39, 0.29) is 10.8 Å². The molecule has 0 saturated carbocycles. The number of hydrogen-bond acceptors (Lipinski definition) is 3. The molecule has 0 bridgehead atoms. The van der Waals surface area contributed by atoms with Gasteiger partial charge in [0.05, 0.1) is 4.90 Å². The molecule has 0 radical (unpaired) electrons. The maximum Gasteiger partial charge on any atom is 0.267 e. The highest BCUT2D eigenvalue weighted by atomic mass is 32.2. The first-order valence-corrected chi connectivity index (χ1v) is 12.9. The van der Waals surface area contributed by atoms with Crippen LogP contribution in [0.3, 0.4) is 0 Å². The van der Waals surface area contributed by atoms with Crippen LogP contribution in [-0.4, -0.2) is 25.4 Å². The van der Waals surface area contributed by atoms with Crippen molar-refractivity contribution in [1.29, 1.82) is 0 Å². The SMILES string of the molecule is Cc1cccc(Cn2c(C(=O)NCC(C)C)cc3cc(NS(=O)(=O)c4ccc(F)cc4)ccc32)c1. The van der Waals surface area contributed by atoms with Crippen LogP contribution < -0.4 is 10.0 Å². The second kappa shape index (κ2) is 9.92. The van der Waals surface area contributed by atoms with Crippen molar-refractivity contribution in [3.05, 3.63) is 95.4 Å². The summed E-state index contributed by atoms with van der Waals surface area (Å²) in [6.45, 7) is 7.13. The van der Waals surface area contributed by atoms with Crippen LogP contribution in [0.2, 0.25) is 0 Å². The summed E-state index contributed by atoms with van der Waals surface area (Å²) in [5.41, 5.74) is 3.85. The van der Waals surface area contributed by atoms with E-state index in [1.807, 2.05) is 43.5 Å². The van der Waals surface area contributed by atoms with Gasteiger partial charge in [-0.3, -0.25) is 9.52 Å². The molecule has 6 nitrogen and oxygen atoms in total. The number of nitrogens with zero attached hydrogens (tertiary/aromatic N) is 1. The molecule has 0 saturated heterocycles. The number of halogens is 1. The summed E-state index contributed by atoms with van der Waals surface area (Å²) in [7, 11) is -3.89. The zero-order valence-electron chi connectivity index (χ0n) is 19.9. The average Bonchev–Trinajstić information content (AvgIpc) is 3.15. The third-order valence-corrected chi connectivity index (χ3v) is 7.00. The highest BCUT2D eigenvalue weighted by molar-refractivity contribution is 7.92. The van der Waals surface area contributed by atoms with Crippen molar-refractivity contribution < 1.29 is 17.6 Å². The second-order valence-corrected chi connectivity index (χ2v) is 10.7. The number of carbonyl (C=O) groups is 1. The molecule has 1 aromatic heterocycles. The van der Waals surface area contributed by atoms with E-state index in [1.54, 1.807) is 24.3 Å². The Balaban J connectivity index is 1.71. The van der Waals surface area contributed by atoms with E-state index in [0.29, 0.717) is 30.4 Å². The van der Waals surface area contributed by atoms with E-state index < -0.39 is 15.8 Å². The standard InChI is InChI=1S/C27H28FN3O3S/c1-18(2)16-29-27(32)26-15-21-14-23(30-35(33,34)24-10-7-22(28)8-11-24)9-12-25(21)31(26)17-20-6-4-5-19(3)13-20/h4-15,18,30H,16-17H2,1-3H3,(H,29,32). The van der Waals surface area contributed by atoms with Crippen molar-refractivity contribution in [2.75, 3.05) is 11.3 Å². The van der Waals surface area contributed by atoms with Crippen LogP contribution in [0.15, 0.2) is 77.7 Å². The quantitative estimate of drug-likeness (QED) is 0.348. The summed E-state index contributed by atoms with van der Waals surface area (Å²) in [5.74, 6) is -0.388. The molecule has 0 aliphatic carbocycles. The predicted molar refractivity (Wildman–Crippen MR) is 137 cm³/mol. The molecule has 35 heavy (non-hydrogen) atoms. The summed E-state index contributed by atoms with van der Waals surface area (Å²) in [6, 6.07) is 19.7. The maximum atomic E-state index is 13.2. The Kier molecular flexibility index (Phi) is 6.93. The minimum absolute atomic E-state index is 0.0373. The monoisotopic (exact) mass is 493 g/mol. The average molecular weight is 494 g/mol. The highest BCUT2D eigenvalue weighted by Crippen LogP contribution is 2.26. The molecular weight excluding hydrogens is 465 g/mol. The van der Waals surface area contributed by atoms with E-state index in [2.05, 4.69) is 16.1 Å². The van der Waals surface area contributed by atoms with Gasteiger partial charge in [0.25, 0.3) is 15.9 Å². The number of anilines is 1. The maximum absolute atomic E-state index is 13.2. The molecule has 0 spiro atoms.